The Labute approximate surface area is 162 Å². The number of nitrogens with zero attached hydrogens (tertiary/aromatic N) is 4. The largest absolute Gasteiger partial charge is 0.480 e. The molecule has 2 aliphatic heterocycles. The fourth-order valence-corrected chi connectivity index (χ4v) is 4.09. The van der Waals surface area contributed by atoms with Gasteiger partial charge in [-0.3, -0.25) is 19.3 Å². The summed E-state index contributed by atoms with van der Waals surface area (Å²) in [5.74, 6) is 0.492. The van der Waals surface area contributed by atoms with Crippen molar-refractivity contribution in [1.29, 1.82) is 0 Å². The normalized spacial score (nSPS) is 21.6. The van der Waals surface area contributed by atoms with Crippen LogP contribution in [0.2, 0.25) is 0 Å². The number of likely N-dealkylation sites (tertiary alicyclic amines) is 1. The second kappa shape index (κ2) is 9.66. The molecule has 2 aliphatic rings. The van der Waals surface area contributed by atoms with Gasteiger partial charge >= 0.3 is 5.97 Å². The van der Waals surface area contributed by atoms with Crippen molar-refractivity contribution in [2.24, 2.45) is 11.8 Å². The summed E-state index contributed by atoms with van der Waals surface area (Å²) >= 11 is 0. The molecule has 0 amide bonds. The third kappa shape index (κ3) is 5.77. The lowest BCUT2D eigenvalue weighted by molar-refractivity contribution is -0.144. The van der Waals surface area contributed by atoms with Crippen molar-refractivity contribution in [1.82, 2.24) is 19.6 Å². The molecule has 2 fully saturated rings. The van der Waals surface area contributed by atoms with Gasteiger partial charge in [0.05, 0.1) is 19.4 Å². The number of hydrogen-bond donors (Lipinski definition) is 1. The van der Waals surface area contributed by atoms with Crippen molar-refractivity contribution >= 4 is 5.97 Å². The number of hydrogen-bond acceptors (Lipinski definition) is 5. The fraction of sp³-hybridized carbons (Fsp3) is 0.800. The number of rotatable bonds is 8. The Kier molecular flexibility index (Phi) is 7.26. The summed E-state index contributed by atoms with van der Waals surface area (Å²) in [6, 6.07) is -0.581. The van der Waals surface area contributed by atoms with Crippen LogP contribution in [0.15, 0.2) is 12.4 Å². The minimum absolute atomic E-state index is 0.581. The van der Waals surface area contributed by atoms with Crippen molar-refractivity contribution < 1.29 is 14.6 Å². The summed E-state index contributed by atoms with van der Waals surface area (Å²) in [5.41, 5.74) is 0.804. The van der Waals surface area contributed by atoms with Gasteiger partial charge in [0.15, 0.2) is 0 Å². The summed E-state index contributed by atoms with van der Waals surface area (Å²) in [4.78, 5) is 16.6. The number of piperidine rings is 1. The Morgan fingerprint density at radius 1 is 1.26 bits per heavy atom. The molecule has 1 aromatic heterocycles. The summed E-state index contributed by atoms with van der Waals surface area (Å²) in [7, 11) is 0. The molecule has 0 saturated carbocycles. The Hall–Kier alpha value is -1.44. The van der Waals surface area contributed by atoms with Crippen molar-refractivity contribution in [3.63, 3.8) is 0 Å². The third-order valence-electron chi connectivity index (χ3n) is 5.77. The second-order valence-corrected chi connectivity index (χ2v) is 8.35. The van der Waals surface area contributed by atoms with Crippen LogP contribution in [0.4, 0.5) is 0 Å². The van der Waals surface area contributed by atoms with Gasteiger partial charge in [-0.05, 0) is 44.2 Å². The van der Waals surface area contributed by atoms with E-state index in [1.54, 1.807) is 6.20 Å². The van der Waals surface area contributed by atoms with Crippen molar-refractivity contribution in [3.05, 3.63) is 18.0 Å². The van der Waals surface area contributed by atoms with Crippen LogP contribution >= 0.6 is 0 Å². The lowest BCUT2D eigenvalue weighted by atomic mass is 9.94. The number of ether oxygens (including phenoxy) is 1. The van der Waals surface area contributed by atoms with Crippen LogP contribution in [0.3, 0.4) is 0 Å². The van der Waals surface area contributed by atoms with Crippen LogP contribution in [-0.4, -0.2) is 76.6 Å². The topological polar surface area (TPSA) is 70.8 Å². The van der Waals surface area contributed by atoms with Gasteiger partial charge < -0.3 is 9.84 Å². The molecule has 0 aliphatic carbocycles. The molecule has 7 heteroatoms. The molecule has 3 heterocycles. The van der Waals surface area contributed by atoms with Crippen molar-refractivity contribution in [2.75, 3.05) is 45.9 Å². The van der Waals surface area contributed by atoms with Gasteiger partial charge in [-0.2, -0.15) is 5.10 Å². The monoisotopic (exact) mass is 378 g/mol. The maximum Gasteiger partial charge on any atom is 0.325 e. The number of aliphatic carboxylic acids is 1. The fourth-order valence-electron chi connectivity index (χ4n) is 4.09. The van der Waals surface area contributed by atoms with E-state index in [0.717, 1.165) is 77.3 Å². The Balaban J connectivity index is 1.54. The average molecular weight is 379 g/mol. The highest BCUT2D eigenvalue weighted by Crippen LogP contribution is 2.28. The zero-order valence-electron chi connectivity index (χ0n) is 16.7. The highest BCUT2D eigenvalue weighted by atomic mass is 16.5. The van der Waals surface area contributed by atoms with Crippen molar-refractivity contribution in [3.8, 4) is 0 Å². The SMILES string of the molecule is CC(C)CCn1cc(C(C(=O)O)N2CCC(CN3CCOCC3)CC2)cn1. The minimum atomic E-state index is -0.773. The summed E-state index contributed by atoms with van der Waals surface area (Å²) in [5, 5.41) is 14.2. The lowest BCUT2D eigenvalue weighted by Gasteiger charge is -2.38. The molecule has 2 saturated heterocycles. The molecule has 3 rings (SSSR count). The summed E-state index contributed by atoms with van der Waals surface area (Å²) in [6.45, 7) is 11.7. The van der Waals surface area contributed by atoms with Gasteiger partial charge in [0.2, 0.25) is 0 Å². The molecule has 0 radical (unpaired) electrons. The van der Waals surface area contributed by atoms with Crippen LogP contribution in [0.1, 0.15) is 44.7 Å². The predicted octanol–water partition coefficient (Wildman–Crippen LogP) is 2.10. The first-order valence-corrected chi connectivity index (χ1v) is 10.3. The van der Waals surface area contributed by atoms with Crippen LogP contribution in [0, 0.1) is 11.8 Å². The first-order valence-electron chi connectivity index (χ1n) is 10.3. The maximum atomic E-state index is 12.0. The Morgan fingerprint density at radius 3 is 2.59 bits per heavy atom. The predicted molar refractivity (Wildman–Crippen MR) is 104 cm³/mol. The zero-order chi connectivity index (χ0) is 19.2. The third-order valence-corrected chi connectivity index (χ3v) is 5.77. The molecule has 0 spiro atoms. The molecule has 27 heavy (non-hydrogen) atoms. The van der Waals surface area contributed by atoms with Gasteiger partial charge in [0.1, 0.15) is 6.04 Å². The quantitative estimate of drug-likeness (QED) is 0.747. The molecule has 0 aromatic carbocycles. The Morgan fingerprint density at radius 2 is 1.96 bits per heavy atom. The van der Waals surface area contributed by atoms with Gasteiger partial charge in [-0.15, -0.1) is 0 Å². The second-order valence-electron chi connectivity index (χ2n) is 8.35. The lowest BCUT2D eigenvalue weighted by Crippen LogP contribution is -2.44. The van der Waals surface area contributed by atoms with E-state index in [1.807, 2.05) is 10.9 Å². The summed E-state index contributed by atoms with van der Waals surface area (Å²) in [6.07, 6.45) is 6.82. The molecule has 1 atom stereocenters. The van der Waals surface area contributed by atoms with Gasteiger partial charge in [-0.1, -0.05) is 13.8 Å². The van der Waals surface area contributed by atoms with E-state index in [-0.39, 0.29) is 0 Å². The van der Waals surface area contributed by atoms with Crippen LogP contribution in [0.5, 0.6) is 0 Å². The molecular weight excluding hydrogens is 344 g/mol. The molecule has 1 aromatic rings. The highest BCUT2D eigenvalue weighted by molar-refractivity contribution is 5.75. The minimum Gasteiger partial charge on any atom is -0.480 e. The molecular formula is C20H34N4O3. The van der Waals surface area contributed by atoms with Gasteiger partial charge in [-0.25, -0.2) is 0 Å². The smallest absolute Gasteiger partial charge is 0.325 e. The summed E-state index contributed by atoms with van der Waals surface area (Å²) < 4.78 is 7.31. The van der Waals surface area contributed by atoms with Crippen LogP contribution < -0.4 is 0 Å². The zero-order valence-corrected chi connectivity index (χ0v) is 16.7. The first-order chi connectivity index (χ1) is 13.0. The van der Waals surface area contributed by atoms with E-state index in [2.05, 4.69) is 28.7 Å². The van der Waals surface area contributed by atoms with E-state index >= 15 is 0 Å². The molecule has 152 valence electrons. The number of morpholine rings is 1. The van der Waals surface area contributed by atoms with E-state index in [0.29, 0.717) is 11.8 Å². The Bertz CT molecular complexity index is 590. The highest BCUT2D eigenvalue weighted by Gasteiger charge is 2.32. The number of carbonyl (C=O) groups is 1. The van der Waals surface area contributed by atoms with E-state index in [9.17, 15) is 9.90 Å². The van der Waals surface area contributed by atoms with Crippen LogP contribution in [-0.2, 0) is 16.1 Å². The molecule has 1 N–H and O–H groups in total. The van der Waals surface area contributed by atoms with E-state index in [1.165, 1.54) is 0 Å². The molecule has 7 nitrogen and oxygen atoms in total. The van der Waals surface area contributed by atoms with E-state index < -0.39 is 12.0 Å². The van der Waals surface area contributed by atoms with E-state index in [4.69, 9.17) is 4.74 Å². The van der Waals surface area contributed by atoms with Gasteiger partial charge in [0, 0.05) is 37.9 Å². The molecule has 0 bridgehead atoms. The first kappa shape index (κ1) is 20.3. The number of carboxylic acid groups (broad SMARTS) is 1. The average Bonchev–Trinajstić information content (AvgIpc) is 3.11. The number of aryl methyl sites for hydroxylation is 1. The maximum absolute atomic E-state index is 12.0. The standard InChI is InChI=1S/C20H34N4O3/c1-16(2)3-8-24-15-18(13-21-24)19(20(25)26)23-6-4-17(5-7-23)14-22-9-11-27-12-10-22/h13,15-17,19H,3-12,14H2,1-2H3,(H,25,26). The number of carboxylic acids is 1. The van der Waals surface area contributed by atoms with Crippen LogP contribution in [0.25, 0.3) is 0 Å². The van der Waals surface area contributed by atoms with Crippen molar-refractivity contribution in [2.45, 2.75) is 45.7 Å². The van der Waals surface area contributed by atoms with Gasteiger partial charge in [0.25, 0.3) is 0 Å². The molecule has 1 unspecified atom stereocenters. The number of aromatic nitrogens is 2.